The van der Waals surface area contributed by atoms with Gasteiger partial charge in [0.05, 0.1) is 11.5 Å². The fourth-order valence-corrected chi connectivity index (χ4v) is 3.68. The summed E-state index contributed by atoms with van der Waals surface area (Å²) in [4.78, 5) is 14.0. The first-order valence-electron chi connectivity index (χ1n) is 8.54. The van der Waals surface area contributed by atoms with Crippen LogP contribution in [0.1, 0.15) is 45.6 Å². The lowest BCUT2D eigenvalue weighted by Crippen LogP contribution is -2.40. The minimum atomic E-state index is -3.77. The fourth-order valence-electron chi connectivity index (χ4n) is 2.76. The first-order chi connectivity index (χ1) is 11.6. The van der Waals surface area contributed by atoms with Gasteiger partial charge in [-0.2, -0.15) is 8.42 Å². The van der Waals surface area contributed by atoms with E-state index in [9.17, 15) is 13.2 Å². The van der Waals surface area contributed by atoms with Crippen molar-refractivity contribution in [1.29, 1.82) is 0 Å². The summed E-state index contributed by atoms with van der Waals surface area (Å²) < 4.78 is 34.9. The van der Waals surface area contributed by atoms with Gasteiger partial charge in [0, 0.05) is 12.6 Å². The van der Waals surface area contributed by atoms with Crippen molar-refractivity contribution in [2.75, 3.05) is 13.2 Å². The lowest BCUT2D eigenvalue weighted by Gasteiger charge is -2.28. The molecule has 1 atom stereocenters. The summed E-state index contributed by atoms with van der Waals surface area (Å²) in [7, 11) is -3.77. The van der Waals surface area contributed by atoms with Gasteiger partial charge in [-0.15, -0.1) is 0 Å². The highest BCUT2D eigenvalue weighted by atomic mass is 32.2. The van der Waals surface area contributed by atoms with Crippen molar-refractivity contribution in [3.8, 4) is 0 Å². The first kappa shape index (κ1) is 19.7. The molecule has 1 aromatic carbocycles. The second-order valence-corrected chi connectivity index (χ2v) is 8.96. The molecule has 1 fully saturated rings. The zero-order chi connectivity index (χ0) is 18.7. The molecule has 1 amide bonds. The van der Waals surface area contributed by atoms with Crippen molar-refractivity contribution in [3.63, 3.8) is 0 Å². The maximum atomic E-state index is 12.2. The zero-order valence-electron chi connectivity index (χ0n) is 15.3. The third-order valence-electron chi connectivity index (χ3n) is 4.00. The SMILES string of the molecule is Cc1ccc(S(=O)(=O)OCCC2CCCN2C(=O)OC(C)(C)C)cc1. The number of nitrogens with zero attached hydrogens (tertiary/aromatic N) is 1. The molecule has 0 aromatic heterocycles. The smallest absolute Gasteiger partial charge is 0.410 e. The number of aryl methyl sites for hydroxylation is 1. The normalized spacial score (nSPS) is 18.4. The van der Waals surface area contributed by atoms with Crippen LogP contribution in [0.4, 0.5) is 4.79 Å². The summed E-state index contributed by atoms with van der Waals surface area (Å²) in [5, 5.41) is 0. The maximum Gasteiger partial charge on any atom is 0.410 e. The number of hydrogen-bond donors (Lipinski definition) is 0. The molecule has 1 saturated heterocycles. The van der Waals surface area contributed by atoms with Crippen LogP contribution in [-0.4, -0.2) is 44.2 Å². The average molecular weight is 369 g/mol. The van der Waals surface area contributed by atoms with E-state index < -0.39 is 15.7 Å². The maximum absolute atomic E-state index is 12.2. The van der Waals surface area contributed by atoms with Crippen LogP contribution in [0.15, 0.2) is 29.2 Å². The molecule has 7 heteroatoms. The molecule has 1 heterocycles. The molecule has 0 bridgehead atoms. The van der Waals surface area contributed by atoms with E-state index in [1.165, 1.54) is 12.1 Å². The van der Waals surface area contributed by atoms with Gasteiger partial charge in [-0.05, 0) is 59.1 Å². The number of carbonyl (C=O) groups is 1. The van der Waals surface area contributed by atoms with E-state index in [2.05, 4.69) is 0 Å². The Morgan fingerprint density at radius 3 is 2.48 bits per heavy atom. The molecule has 0 saturated carbocycles. The van der Waals surface area contributed by atoms with Crippen LogP contribution in [-0.2, 0) is 19.0 Å². The lowest BCUT2D eigenvalue weighted by atomic mass is 10.1. The molecule has 1 aliphatic rings. The Morgan fingerprint density at radius 1 is 1.24 bits per heavy atom. The Hall–Kier alpha value is -1.60. The second-order valence-electron chi connectivity index (χ2n) is 7.35. The van der Waals surface area contributed by atoms with Crippen molar-refractivity contribution in [2.45, 2.75) is 63.5 Å². The van der Waals surface area contributed by atoms with Crippen molar-refractivity contribution < 1.29 is 22.1 Å². The lowest BCUT2D eigenvalue weighted by molar-refractivity contribution is 0.0212. The minimum Gasteiger partial charge on any atom is -0.444 e. The van der Waals surface area contributed by atoms with Crippen molar-refractivity contribution in [2.24, 2.45) is 0 Å². The molecule has 140 valence electrons. The summed E-state index contributed by atoms with van der Waals surface area (Å²) >= 11 is 0. The minimum absolute atomic E-state index is 0.0418. The molecule has 0 N–H and O–H groups in total. The molecule has 1 aromatic rings. The quantitative estimate of drug-likeness (QED) is 0.743. The van der Waals surface area contributed by atoms with Crippen molar-refractivity contribution >= 4 is 16.2 Å². The number of amides is 1. The van der Waals surface area contributed by atoms with E-state index >= 15 is 0 Å². The van der Waals surface area contributed by atoms with Crippen LogP contribution in [0.2, 0.25) is 0 Å². The summed E-state index contributed by atoms with van der Waals surface area (Å²) in [5.41, 5.74) is 0.438. The molecule has 1 aliphatic heterocycles. The van der Waals surface area contributed by atoms with Gasteiger partial charge in [0.1, 0.15) is 5.60 Å². The van der Waals surface area contributed by atoms with Crippen molar-refractivity contribution in [1.82, 2.24) is 4.90 Å². The Kier molecular flexibility index (Phi) is 6.11. The van der Waals surface area contributed by atoms with E-state index in [1.807, 2.05) is 27.7 Å². The third kappa shape index (κ3) is 5.71. The Balaban J connectivity index is 1.90. The van der Waals surface area contributed by atoms with Gasteiger partial charge in [-0.1, -0.05) is 17.7 Å². The highest BCUT2D eigenvalue weighted by Gasteiger charge is 2.32. The molecule has 0 radical (unpaired) electrons. The van der Waals surface area contributed by atoms with E-state index in [0.717, 1.165) is 18.4 Å². The summed E-state index contributed by atoms with van der Waals surface area (Å²) in [6.45, 7) is 8.04. The Labute approximate surface area is 150 Å². The summed E-state index contributed by atoms with van der Waals surface area (Å²) in [6, 6.07) is 6.48. The van der Waals surface area contributed by atoms with Gasteiger partial charge in [0.15, 0.2) is 0 Å². The predicted molar refractivity (Wildman–Crippen MR) is 94.9 cm³/mol. The van der Waals surface area contributed by atoms with Crippen LogP contribution >= 0.6 is 0 Å². The van der Waals surface area contributed by atoms with Crippen LogP contribution < -0.4 is 0 Å². The molecule has 1 unspecified atom stereocenters. The second kappa shape index (κ2) is 7.74. The molecule has 2 rings (SSSR count). The zero-order valence-corrected chi connectivity index (χ0v) is 16.1. The monoisotopic (exact) mass is 369 g/mol. The molecular weight excluding hydrogens is 342 g/mol. The van der Waals surface area contributed by atoms with E-state index in [4.69, 9.17) is 8.92 Å². The highest BCUT2D eigenvalue weighted by molar-refractivity contribution is 7.86. The highest BCUT2D eigenvalue weighted by Crippen LogP contribution is 2.23. The van der Waals surface area contributed by atoms with E-state index in [1.54, 1.807) is 17.0 Å². The van der Waals surface area contributed by atoms with Gasteiger partial charge in [-0.25, -0.2) is 4.79 Å². The van der Waals surface area contributed by atoms with Gasteiger partial charge < -0.3 is 9.64 Å². The van der Waals surface area contributed by atoms with Crippen LogP contribution in [0.3, 0.4) is 0 Å². The van der Waals surface area contributed by atoms with Gasteiger partial charge in [-0.3, -0.25) is 4.18 Å². The standard InChI is InChI=1S/C18H27NO5S/c1-14-7-9-16(10-8-14)25(21,22)23-13-11-15-6-5-12-19(15)17(20)24-18(2,3)4/h7-10,15H,5-6,11-13H2,1-4H3. The number of ether oxygens (including phenoxy) is 1. The number of rotatable bonds is 5. The van der Waals surface area contributed by atoms with Gasteiger partial charge in [0.25, 0.3) is 10.1 Å². The Bertz CT molecular complexity index is 691. The number of hydrogen-bond acceptors (Lipinski definition) is 5. The van der Waals surface area contributed by atoms with E-state index in [0.29, 0.717) is 13.0 Å². The molecule has 0 spiro atoms. The van der Waals surface area contributed by atoms with Crippen LogP contribution in [0, 0.1) is 6.92 Å². The third-order valence-corrected chi connectivity index (χ3v) is 5.33. The number of likely N-dealkylation sites (tertiary alicyclic amines) is 1. The molecule has 25 heavy (non-hydrogen) atoms. The number of carbonyl (C=O) groups excluding carboxylic acids is 1. The Morgan fingerprint density at radius 2 is 1.88 bits per heavy atom. The van der Waals surface area contributed by atoms with Crippen LogP contribution in [0.5, 0.6) is 0 Å². The van der Waals surface area contributed by atoms with Crippen LogP contribution in [0.25, 0.3) is 0 Å². The molecular formula is C18H27NO5S. The summed E-state index contributed by atoms with van der Waals surface area (Å²) in [6.07, 6.45) is 1.82. The van der Waals surface area contributed by atoms with Gasteiger partial charge >= 0.3 is 6.09 Å². The summed E-state index contributed by atoms with van der Waals surface area (Å²) in [5.74, 6) is 0. The molecule has 0 aliphatic carbocycles. The van der Waals surface area contributed by atoms with E-state index in [-0.39, 0.29) is 23.6 Å². The molecule has 6 nitrogen and oxygen atoms in total. The average Bonchev–Trinajstić information content (AvgIpc) is 2.94. The van der Waals surface area contributed by atoms with Crippen molar-refractivity contribution in [3.05, 3.63) is 29.8 Å². The largest absolute Gasteiger partial charge is 0.444 e. The fraction of sp³-hybridized carbons (Fsp3) is 0.611. The van der Waals surface area contributed by atoms with Gasteiger partial charge in [0.2, 0.25) is 0 Å². The predicted octanol–water partition coefficient (Wildman–Crippen LogP) is 3.49. The first-order valence-corrected chi connectivity index (χ1v) is 9.95. The number of benzene rings is 1. The topological polar surface area (TPSA) is 72.9 Å².